The van der Waals surface area contributed by atoms with E-state index in [1.807, 2.05) is 24.3 Å². The standard InChI is InChI=1S/C12H16ClNO/c1-2-8-15-9-7-14-10-11-3-5-12(13)6-4-11/h2-6,14H,1,7-10H2. The van der Waals surface area contributed by atoms with Crippen molar-refractivity contribution in [3.63, 3.8) is 0 Å². The first kappa shape index (κ1) is 12.2. The van der Waals surface area contributed by atoms with Crippen molar-refractivity contribution in [2.24, 2.45) is 0 Å². The van der Waals surface area contributed by atoms with Crippen LogP contribution < -0.4 is 5.32 Å². The highest BCUT2D eigenvalue weighted by Gasteiger charge is 1.92. The summed E-state index contributed by atoms with van der Waals surface area (Å²) in [7, 11) is 0. The fourth-order valence-electron chi connectivity index (χ4n) is 1.15. The highest BCUT2D eigenvalue weighted by molar-refractivity contribution is 6.30. The van der Waals surface area contributed by atoms with Crippen molar-refractivity contribution in [1.82, 2.24) is 5.32 Å². The van der Waals surface area contributed by atoms with Gasteiger partial charge in [-0.15, -0.1) is 6.58 Å². The van der Waals surface area contributed by atoms with Gasteiger partial charge in [-0.1, -0.05) is 29.8 Å². The predicted molar refractivity (Wildman–Crippen MR) is 64.2 cm³/mol. The second kappa shape index (κ2) is 7.46. The number of halogens is 1. The van der Waals surface area contributed by atoms with Crippen molar-refractivity contribution in [2.75, 3.05) is 19.8 Å². The zero-order valence-electron chi connectivity index (χ0n) is 8.71. The highest BCUT2D eigenvalue weighted by atomic mass is 35.5. The van der Waals surface area contributed by atoms with Gasteiger partial charge in [-0.05, 0) is 17.7 Å². The lowest BCUT2D eigenvalue weighted by Gasteiger charge is -2.05. The lowest BCUT2D eigenvalue weighted by molar-refractivity contribution is 0.164. The minimum absolute atomic E-state index is 0.614. The lowest BCUT2D eigenvalue weighted by Crippen LogP contribution is -2.19. The van der Waals surface area contributed by atoms with Crippen molar-refractivity contribution in [2.45, 2.75) is 6.54 Å². The Hall–Kier alpha value is -0.830. The van der Waals surface area contributed by atoms with E-state index in [2.05, 4.69) is 11.9 Å². The van der Waals surface area contributed by atoms with Gasteiger partial charge in [-0.2, -0.15) is 0 Å². The van der Waals surface area contributed by atoms with Crippen LogP contribution in [0.3, 0.4) is 0 Å². The molecule has 0 atom stereocenters. The zero-order chi connectivity index (χ0) is 10.9. The fourth-order valence-corrected chi connectivity index (χ4v) is 1.27. The average Bonchev–Trinajstić information content (AvgIpc) is 2.26. The topological polar surface area (TPSA) is 21.3 Å². The van der Waals surface area contributed by atoms with Gasteiger partial charge in [0.05, 0.1) is 13.2 Å². The number of hydrogen-bond donors (Lipinski definition) is 1. The Balaban J connectivity index is 2.09. The molecule has 0 aliphatic heterocycles. The normalized spacial score (nSPS) is 10.2. The molecule has 0 heterocycles. The number of ether oxygens (including phenoxy) is 1. The molecule has 0 radical (unpaired) electrons. The third kappa shape index (κ3) is 5.57. The smallest absolute Gasteiger partial charge is 0.0645 e. The van der Waals surface area contributed by atoms with Crippen molar-refractivity contribution in [3.8, 4) is 0 Å². The van der Waals surface area contributed by atoms with Gasteiger partial charge in [-0.25, -0.2) is 0 Å². The van der Waals surface area contributed by atoms with Crippen LogP contribution in [0.25, 0.3) is 0 Å². The van der Waals surface area contributed by atoms with Gasteiger partial charge in [0.15, 0.2) is 0 Å². The molecule has 1 rings (SSSR count). The quantitative estimate of drug-likeness (QED) is 0.569. The van der Waals surface area contributed by atoms with Crippen LogP contribution in [0.1, 0.15) is 5.56 Å². The van der Waals surface area contributed by atoms with E-state index in [-0.39, 0.29) is 0 Å². The summed E-state index contributed by atoms with van der Waals surface area (Å²) >= 11 is 5.78. The van der Waals surface area contributed by atoms with Crippen molar-refractivity contribution in [3.05, 3.63) is 47.5 Å². The molecule has 0 aromatic heterocycles. The zero-order valence-corrected chi connectivity index (χ0v) is 9.46. The largest absolute Gasteiger partial charge is 0.376 e. The van der Waals surface area contributed by atoms with Crippen molar-refractivity contribution < 1.29 is 4.74 Å². The summed E-state index contributed by atoms with van der Waals surface area (Å²) in [6.45, 7) is 6.58. The summed E-state index contributed by atoms with van der Waals surface area (Å²) in [4.78, 5) is 0. The number of benzene rings is 1. The predicted octanol–water partition coefficient (Wildman–Crippen LogP) is 2.63. The van der Waals surface area contributed by atoms with Gasteiger partial charge in [0.1, 0.15) is 0 Å². The van der Waals surface area contributed by atoms with Crippen LogP contribution in [0.4, 0.5) is 0 Å². The molecule has 0 saturated heterocycles. The minimum atomic E-state index is 0.614. The Morgan fingerprint density at radius 2 is 2.07 bits per heavy atom. The molecular weight excluding hydrogens is 210 g/mol. The van der Waals surface area contributed by atoms with Crippen LogP contribution in [0.5, 0.6) is 0 Å². The molecule has 0 saturated carbocycles. The second-order valence-corrected chi connectivity index (χ2v) is 3.60. The van der Waals surface area contributed by atoms with E-state index in [0.717, 1.165) is 18.1 Å². The lowest BCUT2D eigenvalue weighted by atomic mass is 10.2. The van der Waals surface area contributed by atoms with Crippen LogP contribution in [0.15, 0.2) is 36.9 Å². The molecule has 15 heavy (non-hydrogen) atoms. The fraction of sp³-hybridized carbons (Fsp3) is 0.333. The van der Waals surface area contributed by atoms with Crippen LogP contribution in [-0.2, 0) is 11.3 Å². The van der Waals surface area contributed by atoms with Crippen LogP contribution in [0.2, 0.25) is 5.02 Å². The molecule has 1 N–H and O–H groups in total. The van der Waals surface area contributed by atoms with E-state index in [0.29, 0.717) is 13.2 Å². The third-order valence-electron chi connectivity index (χ3n) is 1.90. The maximum absolute atomic E-state index is 5.78. The number of hydrogen-bond acceptors (Lipinski definition) is 2. The van der Waals surface area contributed by atoms with Crippen molar-refractivity contribution >= 4 is 11.6 Å². The summed E-state index contributed by atoms with van der Waals surface area (Å²) < 4.78 is 5.24. The third-order valence-corrected chi connectivity index (χ3v) is 2.15. The van der Waals surface area contributed by atoms with E-state index in [4.69, 9.17) is 16.3 Å². The maximum atomic E-state index is 5.78. The Morgan fingerprint density at radius 1 is 1.33 bits per heavy atom. The summed E-state index contributed by atoms with van der Waals surface area (Å²) in [5, 5.41) is 4.05. The second-order valence-electron chi connectivity index (χ2n) is 3.17. The number of rotatable bonds is 7. The maximum Gasteiger partial charge on any atom is 0.0645 e. The monoisotopic (exact) mass is 225 g/mol. The molecule has 82 valence electrons. The van der Waals surface area contributed by atoms with Crippen LogP contribution in [0, 0.1) is 0 Å². The van der Waals surface area contributed by atoms with E-state index in [1.165, 1.54) is 5.56 Å². The van der Waals surface area contributed by atoms with E-state index >= 15 is 0 Å². The minimum Gasteiger partial charge on any atom is -0.376 e. The molecular formula is C12H16ClNO. The van der Waals surface area contributed by atoms with Gasteiger partial charge in [-0.3, -0.25) is 0 Å². The molecule has 2 nitrogen and oxygen atoms in total. The summed E-state index contributed by atoms with van der Waals surface area (Å²) in [6.07, 6.45) is 1.75. The molecule has 0 aliphatic rings. The molecule has 0 bridgehead atoms. The first-order chi connectivity index (χ1) is 7.33. The molecule has 0 amide bonds. The molecule has 0 fully saturated rings. The van der Waals surface area contributed by atoms with Gasteiger partial charge in [0.25, 0.3) is 0 Å². The first-order valence-corrected chi connectivity index (χ1v) is 5.34. The van der Waals surface area contributed by atoms with Gasteiger partial charge in [0.2, 0.25) is 0 Å². The molecule has 0 spiro atoms. The Morgan fingerprint density at radius 3 is 2.73 bits per heavy atom. The van der Waals surface area contributed by atoms with E-state index in [1.54, 1.807) is 6.08 Å². The van der Waals surface area contributed by atoms with Crippen LogP contribution >= 0.6 is 11.6 Å². The molecule has 1 aromatic rings. The Kier molecular flexibility index (Phi) is 6.09. The molecule has 0 unspecified atom stereocenters. The van der Waals surface area contributed by atoms with Gasteiger partial charge < -0.3 is 10.1 Å². The van der Waals surface area contributed by atoms with Gasteiger partial charge in [0, 0.05) is 18.1 Å². The molecule has 1 aromatic carbocycles. The number of nitrogens with one attached hydrogen (secondary N) is 1. The first-order valence-electron chi connectivity index (χ1n) is 4.96. The Labute approximate surface area is 95.9 Å². The summed E-state index contributed by atoms with van der Waals surface area (Å²) in [5.41, 5.74) is 1.23. The Bertz CT molecular complexity index is 284. The van der Waals surface area contributed by atoms with Gasteiger partial charge >= 0.3 is 0 Å². The SMILES string of the molecule is C=CCOCCNCc1ccc(Cl)cc1. The van der Waals surface area contributed by atoms with Crippen molar-refractivity contribution in [1.29, 1.82) is 0 Å². The van der Waals surface area contributed by atoms with E-state index < -0.39 is 0 Å². The summed E-state index contributed by atoms with van der Waals surface area (Å²) in [6, 6.07) is 7.82. The van der Waals surface area contributed by atoms with Crippen LogP contribution in [-0.4, -0.2) is 19.8 Å². The summed E-state index contributed by atoms with van der Waals surface area (Å²) in [5.74, 6) is 0. The van der Waals surface area contributed by atoms with E-state index in [9.17, 15) is 0 Å². The molecule has 0 aliphatic carbocycles. The highest BCUT2D eigenvalue weighted by Crippen LogP contribution is 2.08. The molecule has 3 heteroatoms. The average molecular weight is 226 g/mol.